The Morgan fingerprint density at radius 1 is 1.03 bits per heavy atom. The van der Waals surface area contributed by atoms with Gasteiger partial charge in [-0.2, -0.15) is 0 Å². The van der Waals surface area contributed by atoms with Crippen LogP contribution in [0.5, 0.6) is 11.5 Å². The maximum absolute atomic E-state index is 12.7. The van der Waals surface area contributed by atoms with Gasteiger partial charge in [0.15, 0.2) is 11.5 Å². The quantitative estimate of drug-likeness (QED) is 0.662. The molecule has 160 valence electrons. The zero-order chi connectivity index (χ0) is 21.7. The number of nitrogens with zero attached hydrogens (tertiary/aromatic N) is 2. The molecule has 5 nitrogen and oxygen atoms in total. The first-order valence-electron chi connectivity index (χ1n) is 10.5. The second kappa shape index (κ2) is 9.70. The number of aryl methyl sites for hydroxylation is 1. The number of anilines is 1. The molecule has 5 heteroatoms. The Morgan fingerprint density at radius 2 is 1.77 bits per heavy atom. The monoisotopic (exact) mass is 408 g/mol. The van der Waals surface area contributed by atoms with Crippen molar-refractivity contribution >= 4 is 17.7 Å². The number of carbonyl (C=O) groups excluding carboxylic acids is 1. The standard InChI is InChI=1S/C25H32N2O3/c1-18(2)30-23-11-9-21(17-24(23)29-5)10-12-25(28)27-15-13-26(14-16-27)22-8-6-7-19(3)20(22)4/h6-12,17-18H,13-16H2,1-5H3/b12-10+. The van der Waals surface area contributed by atoms with Crippen molar-refractivity contribution in [2.75, 3.05) is 38.2 Å². The van der Waals surface area contributed by atoms with Crippen LogP contribution in [0.4, 0.5) is 5.69 Å². The molecular formula is C25H32N2O3. The Labute approximate surface area is 179 Å². The summed E-state index contributed by atoms with van der Waals surface area (Å²) < 4.78 is 11.2. The van der Waals surface area contributed by atoms with Gasteiger partial charge >= 0.3 is 0 Å². The predicted molar refractivity (Wildman–Crippen MR) is 123 cm³/mol. The first-order chi connectivity index (χ1) is 14.4. The van der Waals surface area contributed by atoms with Crippen LogP contribution in [0.2, 0.25) is 0 Å². The van der Waals surface area contributed by atoms with E-state index in [2.05, 4.69) is 36.9 Å². The zero-order valence-electron chi connectivity index (χ0n) is 18.6. The lowest BCUT2D eigenvalue weighted by Gasteiger charge is -2.36. The predicted octanol–water partition coefficient (Wildman–Crippen LogP) is 4.46. The van der Waals surface area contributed by atoms with Crippen molar-refractivity contribution in [1.29, 1.82) is 0 Å². The molecule has 0 aliphatic carbocycles. The number of hydrogen-bond acceptors (Lipinski definition) is 4. The fraction of sp³-hybridized carbons (Fsp3) is 0.400. The summed E-state index contributed by atoms with van der Waals surface area (Å²) in [4.78, 5) is 16.9. The van der Waals surface area contributed by atoms with Crippen LogP contribution in [0.1, 0.15) is 30.5 Å². The second-order valence-corrected chi connectivity index (χ2v) is 7.94. The lowest BCUT2D eigenvalue weighted by Crippen LogP contribution is -2.48. The highest BCUT2D eigenvalue weighted by Crippen LogP contribution is 2.29. The highest BCUT2D eigenvalue weighted by Gasteiger charge is 2.21. The molecule has 1 fully saturated rings. The fourth-order valence-corrected chi connectivity index (χ4v) is 3.66. The van der Waals surface area contributed by atoms with E-state index < -0.39 is 0 Å². The number of carbonyl (C=O) groups is 1. The average molecular weight is 409 g/mol. The molecule has 3 rings (SSSR count). The SMILES string of the molecule is COc1cc(/C=C/C(=O)N2CCN(c3cccc(C)c3C)CC2)ccc1OC(C)C. The normalized spacial score (nSPS) is 14.5. The number of methoxy groups -OCH3 is 1. The molecule has 0 saturated carbocycles. The van der Waals surface area contributed by atoms with Crippen molar-refractivity contribution in [3.8, 4) is 11.5 Å². The smallest absolute Gasteiger partial charge is 0.246 e. The third kappa shape index (κ3) is 5.15. The van der Waals surface area contributed by atoms with Gasteiger partial charge in [-0.25, -0.2) is 0 Å². The Morgan fingerprint density at radius 3 is 2.43 bits per heavy atom. The van der Waals surface area contributed by atoms with E-state index in [4.69, 9.17) is 9.47 Å². The van der Waals surface area contributed by atoms with Gasteiger partial charge in [0.05, 0.1) is 13.2 Å². The van der Waals surface area contributed by atoms with Gasteiger partial charge in [-0.05, 0) is 68.7 Å². The third-order valence-electron chi connectivity index (χ3n) is 5.48. The van der Waals surface area contributed by atoms with Crippen LogP contribution < -0.4 is 14.4 Å². The Hall–Kier alpha value is -2.95. The summed E-state index contributed by atoms with van der Waals surface area (Å²) in [5.74, 6) is 1.41. The lowest BCUT2D eigenvalue weighted by atomic mass is 10.1. The van der Waals surface area contributed by atoms with Gasteiger partial charge in [-0.1, -0.05) is 18.2 Å². The van der Waals surface area contributed by atoms with Crippen LogP contribution in [-0.2, 0) is 4.79 Å². The van der Waals surface area contributed by atoms with E-state index in [-0.39, 0.29) is 12.0 Å². The van der Waals surface area contributed by atoms with Crippen LogP contribution in [-0.4, -0.2) is 50.2 Å². The lowest BCUT2D eigenvalue weighted by molar-refractivity contribution is -0.126. The summed E-state index contributed by atoms with van der Waals surface area (Å²) >= 11 is 0. The molecular weight excluding hydrogens is 376 g/mol. The molecule has 1 heterocycles. The van der Waals surface area contributed by atoms with Crippen LogP contribution in [0.15, 0.2) is 42.5 Å². The third-order valence-corrected chi connectivity index (χ3v) is 5.48. The molecule has 0 bridgehead atoms. The number of rotatable bonds is 6. The molecule has 1 amide bonds. The summed E-state index contributed by atoms with van der Waals surface area (Å²) in [6.07, 6.45) is 3.55. The van der Waals surface area contributed by atoms with Crippen molar-refractivity contribution in [2.45, 2.75) is 33.8 Å². The second-order valence-electron chi connectivity index (χ2n) is 7.94. The minimum absolute atomic E-state index is 0.0390. The number of hydrogen-bond donors (Lipinski definition) is 0. The molecule has 2 aromatic carbocycles. The minimum atomic E-state index is 0.0390. The van der Waals surface area contributed by atoms with Crippen LogP contribution in [0.3, 0.4) is 0 Å². The number of ether oxygens (including phenoxy) is 2. The summed E-state index contributed by atoms with van der Waals surface area (Å²) in [5, 5.41) is 0. The van der Waals surface area contributed by atoms with Crippen molar-refractivity contribution in [3.05, 3.63) is 59.2 Å². The molecule has 0 N–H and O–H groups in total. The van der Waals surface area contributed by atoms with Crippen molar-refractivity contribution in [2.24, 2.45) is 0 Å². The van der Waals surface area contributed by atoms with Gasteiger partial charge < -0.3 is 19.3 Å². The van der Waals surface area contributed by atoms with Gasteiger partial charge in [-0.15, -0.1) is 0 Å². The van der Waals surface area contributed by atoms with E-state index in [9.17, 15) is 4.79 Å². The molecule has 0 unspecified atom stereocenters. The van der Waals surface area contributed by atoms with E-state index in [1.807, 2.05) is 43.0 Å². The Kier molecular flexibility index (Phi) is 7.03. The largest absolute Gasteiger partial charge is 0.493 e. The number of amides is 1. The summed E-state index contributed by atoms with van der Waals surface area (Å²) in [6.45, 7) is 11.4. The molecule has 30 heavy (non-hydrogen) atoms. The van der Waals surface area contributed by atoms with Gasteiger partial charge in [0, 0.05) is 37.9 Å². The summed E-state index contributed by atoms with van der Waals surface area (Å²) in [5.41, 5.74) is 4.80. The van der Waals surface area contributed by atoms with Gasteiger partial charge in [-0.3, -0.25) is 4.79 Å². The van der Waals surface area contributed by atoms with Gasteiger partial charge in [0.2, 0.25) is 5.91 Å². The van der Waals surface area contributed by atoms with Crippen LogP contribution >= 0.6 is 0 Å². The van der Waals surface area contributed by atoms with Crippen LogP contribution in [0.25, 0.3) is 6.08 Å². The van der Waals surface area contributed by atoms with Crippen molar-refractivity contribution in [3.63, 3.8) is 0 Å². The first kappa shape index (κ1) is 21.8. The van der Waals surface area contributed by atoms with Crippen molar-refractivity contribution < 1.29 is 14.3 Å². The van der Waals surface area contributed by atoms with Gasteiger partial charge in [0.1, 0.15) is 0 Å². The molecule has 0 spiro atoms. The topological polar surface area (TPSA) is 42.0 Å². The van der Waals surface area contributed by atoms with E-state index in [0.717, 1.165) is 31.7 Å². The molecule has 2 aromatic rings. The maximum Gasteiger partial charge on any atom is 0.246 e. The van der Waals surface area contributed by atoms with E-state index in [1.54, 1.807) is 13.2 Å². The molecule has 0 aromatic heterocycles. The molecule has 0 radical (unpaired) electrons. The minimum Gasteiger partial charge on any atom is -0.493 e. The van der Waals surface area contributed by atoms with Gasteiger partial charge in [0.25, 0.3) is 0 Å². The molecule has 1 aliphatic heterocycles. The highest BCUT2D eigenvalue weighted by molar-refractivity contribution is 5.92. The Balaban J connectivity index is 1.60. The molecule has 1 aliphatic rings. The molecule has 0 atom stereocenters. The number of piperazine rings is 1. The highest BCUT2D eigenvalue weighted by atomic mass is 16.5. The van der Waals surface area contributed by atoms with E-state index in [1.165, 1.54) is 16.8 Å². The first-order valence-corrected chi connectivity index (χ1v) is 10.5. The average Bonchev–Trinajstić information content (AvgIpc) is 2.74. The maximum atomic E-state index is 12.7. The number of benzene rings is 2. The molecule has 1 saturated heterocycles. The zero-order valence-corrected chi connectivity index (χ0v) is 18.6. The Bertz CT molecular complexity index is 913. The van der Waals surface area contributed by atoms with Crippen molar-refractivity contribution in [1.82, 2.24) is 4.90 Å². The summed E-state index contributed by atoms with van der Waals surface area (Å²) in [6, 6.07) is 12.1. The fourth-order valence-electron chi connectivity index (χ4n) is 3.66. The van der Waals surface area contributed by atoms with E-state index in [0.29, 0.717) is 11.5 Å². The van der Waals surface area contributed by atoms with E-state index >= 15 is 0 Å². The summed E-state index contributed by atoms with van der Waals surface area (Å²) in [7, 11) is 1.62. The van der Waals surface area contributed by atoms with Crippen LogP contribution in [0, 0.1) is 13.8 Å².